The number of anilines is 1. The van der Waals surface area contributed by atoms with Crippen molar-refractivity contribution >= 4 is 17.4 Å². The third kappa shape index (κ3) is 6.22. The van der Waals surface area contributed by atoms with Crippen molar-refractivity contribution in [2.75, 3.05) is 25.5 Å². The lowest BCUT2D eigenvalue weighted by atomic mass is 10.1. The molecule has 0 saturated heterocycles. The Labute approximate surface area is 168 Å². The van der Waals surface area contributed by atoms with Crippen molar-refractivity contribution in [3.8, 4) is 5.75 Å². The monoisotopic (exact) mass is 430 g/mol. The number of hydrogen-bond donors (Lipinski definition) is 3. The van der Waals surface area contributed by atoms with E-state index >= 15 is 0 Å². The van der Waals surface area contributed by atoms with Gasteiger partial charge in [-0.25, -0.2) is 9.18 Å². The zero-order chi connectivity index (χ0) is 22.3. The van der Waals surface area contributed by atoms with Gasteiger partial charge in [0.05, 0.1) is 17.6 Å². The molecule has 2 amide bonds. The third-order valence-corrected chi connectivity index (χ3v) is 3.92. The lowest BCUT2D eigenvalue weighted by Crippen LogP contribution is -2.37. The zero-order valence-electron chi connectivity index (χ0n) is 15.7. The maximum Gasteiger partial charge on any atom is 0.416 e. The Balaban J connectivity index is 1.82. The van der Waals surface area contributed by atoms with E-state index in [0.717, 1.165) is 12.1 Å². The molecule has 0 radical (unpaired) electrons. The van der Waals surface area contributed by atoms with Gasteiger partial charge in [0.25, 0.3) is 5.69 Å². The molecule has 12 heteroatoms. The third-order valence-electron chi connectivity index (χ3n) is 3.92. The molecule has 2 rings (SSSR count). The number of benzene rings is 2. The van der Waals surface area contributed by atoms with Crippen molar-refractivity contribution in [1.82, 2.24) is 10.6 Å². The molecule has 0 bridgehead atoms. The van der Waals surface area contributed by atoms with Crippen molar-refractivity contribution in [1.29, 1.82) is 0 Å². The van der Waals surface area contributed by atoms with Crippen LogP contribution >= 0.6 is 0 Å². The zero-order valence-corrected chi connectivity index (χ0v) is 15.7. The maximum absolute atomic E-state index is 13.6. The quantitative estimate of drug-likeness (QED) is 0.257. The molecule has 0 aromatic heterocycles. The minimum atomic E-state index is -4.70. The Morgan fingerprint density at radius 3 is 2.47 bits per heavy atom. The summed E-state index contributed by atoms with van der Waals surface area (Å²) in [7, 11) is 1.33. The molecule has 162 valence electrons. The second-order valence-electron chi connectivity index (χ2n) is 5.99. The van der Waals surface area contributed by atoms with Gasteiger partial charge >= 0.3 is 12.2 Å². The number of halogens is 4. The number of carbonyl (C=O) groups excluding carboxylic acids is 1. The molecule has 2 aromatic carbocycles. The summed E-state index contributed by atoms with van der Waals surface area (Å²) in [5, 5.41) is 18.6. The van der Waals surface area contributed by atoms with Gasteiger partial charge in [0.15, 0.2) is 11.6 Å². The van der Waals surface area contributed by atoms with Crippen LogP contribution in [0.2, 0.25) is 0 Å². The number of urea groups is 1. The van der Waals surface area contributed by atoms with E-state index in [9.17, 15) is 32.5 Å². The van der Waals surface area contributed by atoms with Gasteiger partial charge in [-0.2, -0.15) is 13.2 Å². The molecule has 30 heavy (non-hydrogen) atoms. The van der Waals surface area contributed by atoms with Crippen LogP contribution in [-0.2, 0) is 12.7 Å². The van der Waals surface area contributed by atoms with Gasteiger partial charge in [-0.05, 0) is 29.8 Å². The molecule has 0 aliphatic carbocycles. The highest BCUT2D eigenvalue weighted by atomic mass is 19.4. The number of methoxy groups -OCH3 is 1. The van der Waals surface area contributed by atoms with Crippen LogP contribution in [0.25, 0.3) is 0 Å². The van der Waals surface area contributed by atoms with E-state index in [1.54, 1.807) is 6.07 Å². The van der Waals surface area contributed by atoms with Gasteiger partial charge in [0, 0.05) is 25.7 Å². The van der Waals surface area contributed by atoms with Crippen molar-refractivity contribution in [2.45, 2.75) is 12.7 Å². The van der Waals surface area contributed by atoms with Gasteiger partial charge in [-0.3, -0.25) is 10.1 Å². The molecule has 0 aliphatic heterocycles. The molecular formula is C18H18F4N4O4. The first-order chi connectivity index (χ1) is 14.1. The van der Waals surface area contributed by atoms with E-state index in [1.807, 2.05) is 0 Å². The second kappa shape index (κ2) is 9.76. The lowest BCUT2D eigenvalue weighted by molar-refractivity contribution is -0.384. The van der Waals surface area contributed by atoms with Crippen molar-refractivity contribution < 1.29 is 32.0 Å². The standard InChI is InChI=1S/C18H18F4N4O4/c1-30-16-5-2-11(8-13(16)19)10-25-17(27)24-7-6-23-14-4-3-12(18(20,21)22)9-15(14)26(28)29/h2-5,8-9,23H,6-7,10H2,1H3,(H2,24,25,27). The topological polar surface area (TPSA) is 106 Å². The van der Waals surface area contributed by atoms with E-state index in [-0.39, 0.29) is 31.1 Å². The van der Waals surface area contributed by atoms with E-state index in [4.69, 9.17) is 4.74 Å². The number of nitrogens with zero attached hydrogens (tertiary/aromatic N) is 1. The van der Waals surface area contributed by atoms with Crippen LogP contribution in [0.5, 0.6) is 5.75 Å². The predicted octanol–water partition coefficient (Wildman–Crippen LogP) is 3.67. The highest BCUT2D eigenvalue weighted by molar-refractivity contribution is 5.73. The number of carbonyl (C=O) groups is 1. The van der Waals surface area contributed by atoms with Gasteiger partial charge in [0.1, 0.15) is 5.69 Å². The van der Waals surface area contributed by atoms with Crippen LogP contribution in [0.1, 0.15) is 11.1 Å². The summed E-state index contributed by atoms with van der Waals surface area (Å²) in [5.41, 5.74) is -1.46. The minimum absolute atomic E-state index is 0.0246. The van der Waals surface area contributed by atoms with Gasteiger partial charge in [0.2, 0.25) is 0 Å². The molecule has 0 atom stereocenters. The number of nitrogens with one attached hydrogen (secondary N) is 3. The molecule has 0 spiro atoms. The molecule has 2 aromatic rings. The normalized spacial score (nSPS) is 11.0. The molecule has 8 nitrogen and oxygen atoms in total. The maximum atomic E-state index is 13.6. The SMILES string of the molecule is COc1ccc(CNC(=O)NCCNc2ccc(C(F)(F)F)cc2[N+](=O)[O-])cc1F. The van der Waals surface area contributed by atoms with Crippen LogP contribution in [0, 0.1) is 15.9 Å². The smallest absolute Gasteiger partial charge is 0.416 e. The van der Waals surface area contributed by atoms with Crippen LogP contribution in [0.3, 0.4) is 0 Å². The molecule has 0 unspecified atom stereocenters. The predicted molar refractivity (Wildman–Crippen MR) is 99.8 cm³/mol. The molecule has 0 saturated carbocycles. The summed E-state index contributed by atoms with van der Waals surface area (Å²) in [6.07, 6.45) is -4.70. The molecule has 3 N–H and O–H groups in total. The summed E-state index contributed by atoms with van der Waals surface area (Å²) in [6.45, 7) is 0.0995. The largest absolute Gasteiger partial charge is 0.494 e. The van der Waals surface area contributed by atoms with Crippen molar-refractivity contribution in [3.63, 3.8) is 0 Å². The van der Waals surface area contributed by atoms with E-state index < -0.39 is 34.2 Å². The first kappa shape index (κ1) is 22.7. The van der Waals surface area contributed by atoms with Crippen molar-refractivity contribution in [2.24, 2.45) is 0 Å². The second-order valence-corrected chi connectivity index (χ2v) is 5.99. The van der Waals surface area contributed by atoms with Crippen LogP contribution in [-0.4, -0.2) is 31.2 Å². The van der Waals surface area contributed by atoms with Gasteiger partial charge in [-0.15, -0.1) is 0 Å². The number of ether oxygens (including phenoxy) is 1. The number of nitro benzene ring substituents is 1. The highest BCUT2D eigenvalue weighted by Crippen LogP contribution is 2.34. The highest BCUT2D eigenvalue weighted by Gasteiger charge is 2.33. The van der Waals surface area contributed by atoms with Gasteiger partial charge in [-0.1, -0.05) is 6.07 Å². The number of rotatable bonds is 8. The van der Waals surface area contributed by atoms with Crippen LogP contribution < -0.4 is 20.7 Å². The number of amides is 2. The molecule has 0 fully saturated rings. The van der Waals surface area contributed by atoms with Crippen LogP contribution in [0.15, 0.2) is 36.4 Å². The molecule has 0 aliphatic rings. The van der Waals surface area contributed by atoms with Gasteiger partial charge < -0.3 is 20.7 Å². The Morgan fingerprint density at radius 2 is 1.87 bits per heavy atom. The summed E-state index contributed by atoms with van der Waals surface area (Å²) >= 11 is 0. The fourth-order valence-corrected chi connectivity index (χ4v) is 2.45. The fourth-order valence-electron chi connectivity index (χ4n) is 2.45. The summed E-state index contributed by atoms with van der Waals surface area (Å²) in [4.78, 5) is 21.8. The Hall–Kier alpha value is -3.57. The Bertz CT molecular complexity index is 922. The summed E-state index contributed by atoms with van der Waals surface area (Å²) in [6, 6.07) is 5.76. The lowest BCUT2D eigenvalue weighted by Gasteiger charge is -2.12. The van der Waals surface area contributed by atoms with Crippen LogP contribution in [0.4, 0.5) is 33.7 Å². The first-order valence-electron chi connectivity index (χ1n) is 8.55. The number of alkyl halides is 3. The molecular weight excluding hydrogens is 412 g/mol. The Kier molecular flexibility index (Phi) is 7.39. The van der Waals surface area contributed by atoms with Crippen molar-refractivity contribution in [3.05, 3.63) is 63.5 Å². The fraction of sp³-hybridized carbons (Fsp3) is 0.278. The minimum Gasteiger partial charge on any atom is -0.494 e. The van der Waals surface area contributed by atoms with E-state index in [0.29, 0.717) is 11.6 Å². The Morgan fingerprint density at radius 1 is 1.13 bits per heavy atom. The summed E-state index contributed by atoms with van der Waals surface area (Å²) in [5.74, 6) is -0.494. The molecule has 0 heterocycles. The van der Waals surface area contributed by atoms with E-state index in [1.165, 1.54) is 19.2 Å². The first-order valence-corrected chi connectivity index (χ1v) is 8.55. The number of hydrogen-bond acceptors (Lipinski definition) is 5. The average Bonchev–Trinajstić information content (AvgIpc) is 2.69. The number of nitro groups is 1. The van der Waals surface area contributed by atoms with E-state index in [2.05, 4.69) is 16.0 Å². The summed E-state index contributed by atoms with van der Waals surface area (Å²) < 4.78 is 56.5. The average molecular weight is 430 g/mol.